The van der Waals surface area contributed by atoms with Crippen molar-refractivity contribution in [2.45, 2.75) is 19.4 Å². The van der Waals surface area contributed by atoms with Gasteiger partial charge in [-0.1, -0.05) is 6.07 Å². The fourth-order valence-electron chi connectivity index (χ4n) is 1.92. The lowest BCUT2D eigenvalue weighted by molar-refractivity contribution is -0.124. The van der Waals surface area contributed by atoms with Crippen LogP contribution < -0.4 is 14.8 Å². The molecule has 1 aliphatic carbocycles. The third-order valence-electron chi connectivity index (χ3n) is 3.29. The number of hydrogen-bond donors (Lipinski definition) is 1. The van der Waals surface area contributed by atoms with Gasteiger partial charge in [-0.15, -0.1) is 0 Å². The van der Waals surface area contributed by atoms with Crippen LogP contribution >= 0.6 is 0 Å². The molecule has 0 saturated heterocycles. The Balaban J connectivity index is 1.64. The maximum Gasteiger partial charge on any atom is 0.240 e. The Labute approximate surface area is 104 Å². The van der Waals surface area contributed by atoms with Crippen molar-refractivity contribution in [2.24, 2.45) is 5.41 Å². The second-order valence-electron chi connectivity index (χ2n) is 4.56. The van der Waals surface area contributed by atoms with Gasteiger partial charge < -0.3 is 14.8 Å². The number of nitriles is 1. The summed E-state index contributed by atoms with van der Waals surface area (Å²) in [5.41, 5.74) is 0.164. The number of benzene rings is 1. The van der Waals surface area contributed by atoms with Gasteiger partial charge in [-0.2, -0.15) is 5.26 Å². The number of carbonyl (C=O) groups is 1. The fraction of sp³-hybridized carbons (Fsp3) is 0.385. The third kappa shape index (κ3) is 1.76. The van der Waals surface area contributed by atoms with Gasteiger partial charge in [0.1, 0.15) is 5.41 Å². The minimum Gasteiger partial charge on any atom is -0.454 e. The molecule has 1 saturated carbocycles. The summed E-state index contributed by atoms with van der Waals surface area (Å²) in [6, 6.07) is 7.61. The lowest BCUT2D eigenvalue weighted by Crippen LogP contribution is -2.30. The van der Waals surface area contributed by atoms with Crippen molar-refractivity contribution in [1.82, 2.24) is 5.32 Å². The van der Waals surface area contributed by atoms with E-state index in [1.165, 1.54) is 0 Å². The minimum atomic E-state index is -0.768. The van der Waals surface area contributed by atoms with Crippen molar-refractivity contribution in [3.63, 3.8) is 0 Å². The molecule has 0 unspecified atom stereocenters. The molecular weight excluding hydrogens is 232 g/mol. The maximum atomic E-state index is 11.8. The molecule has 3 rings (SSSR count). The van der Waals surface area contributed by atoms with Crippen molar-refractivity contribution in [1.29, 1.82) is 5.26 Å². The standard InChI is InChI=1S/C13H12N2O3/c14-7-13(3-4-13)12(16)15-6-9-1-2-10-11(5-9)18-8-17-10/h1-2,5H,3-4,6,8H2,(H,15,16). The molecule has 0 spiro atoms. The Kier molecular flexibility index (Phi) is 2.37. The molecule has 1 N–H and O–H groups in total. The molecule has 92 valence electrons. The quantitative estimate of drug-likeness (QED) is 0.870. The van der Waals surface area contributed by atoms with Crippen LogP contribution in [-0.2, 0) is 11.3 Å². The normalized spacial score (nSPS) is 17.9. The first-order valence-corrected chi connectivity index (χ1v) is 5.82. The van der Waals surface area contributed by atoms with Crippen LogP contribution in [0.3, 0.4) is 0 Å². The summed E-state index contributed by atoms with van der Waals surface area (Å²) < 4.78 is 10.5. The SMILES string of the molecule is N#CC1(C(=O)NCc2ccc3c(c2)OCO3)CC1. The first-order valence-electron chi connectivity index (χ1n) is 5.82. The van der Waals surface area contributed by atoms with Crippen molar-refractivity contribution >= 4 is 5.91 Å². The summed E-state index contributed by atoms with van der Waals surface area (Å²) >= 11 is 0. The zero-order valence-electron chi connectivity index (χ0n) is 9.73. The highest BCUT2D eigenvalue weighted by Gasteiger charge is 2.50. The number of rotatable bonds is 3. The van der Waals surface area contributed by atoms with Crippen LogP contribution in [-0.4, -0.2) is 12.7 Å². The first kappa shape index (κ1) is 10.9. The Morgan fingerprint density at radius 1 is 1.39 bits per heavy atom. The molecule has 18 heavy (non-hydrogen) atoms. The van der Waals surface area contributed by atoms with Gasteiger partial charge >= 0.3 is 0 Å². The van der Waals surface area contributed by atoms with Crippen LogP contribution in [0.5, 0.6) is 11.5 Å². The number of fused-ring (bicyclic) bond motifs is 1. The predicted molar refractivity (Wildman–Crippen MR) is 61.7 cm³/mol. The molecule has 2 aliphatic rings. The molecule has 1 aliphatic heterocycles. The Morgan fingerprint density at radius 2 is 2.17 bits per heavy atom. The van der Waals surface area contributed by atoms with Gasteiger partial charge in [0.2, 0.25) is 12.7 Å². The molecule has 0 aromatic heterocycles. The molecule has 1 fully saturated rings. The summed E-state index contributed by atoms with van der Waals surface area (Å²) in [5.74, 6) is 1.24. The van der Waals surface area contributed by atoms with E-state index in [0.29, 0.717) is 25.1 Å². The number of hydrogen-bond acceptors (Lipinski definition) is 4. The van der Waals surface area contributed by atoms with Gasteiger partial charge in [0.15, 0.2) is 11.5 Å². The molecule has 0 radical (unpaired) electrons. The Bertz CT molecular complexity index is 544. The van der Waals surface area contributed by atoms with Gasteiger partial charge in [-0.3, -0.25) is 4.79 Å². The van der Waals surface area contributed by atoms with E-state index in [0.717, 1.165) is 11.3 Å². The van der Waals surface area contributed by atoms with Crippen LogP contribution in [0, 0.1) is 16.7 Å². The van der Waals surface area contributed by atoms with E-state index in [-0.39, 0.29) is 12.7 Å². The van der Waals surface area contributed by atoms with Crippen molar-refractivity contribution < 1.29 is 14.3 Å². The van der Waals surface area contributed by atoms with Gasteiger partial charge in [-0.25, -0.2) is 0 Å². The molecule has 1 heterocycles. The van der Waals surface area contributed by atoms with Crippen LogP contribution in [0.2, 0.25) is 0 Å². The summed E-state index contributed by atoms with van der Waals surface area (Å²) in [4.78, 5) is 11.8. The molecule has 1 amide bonds. The van der Waals surface area contributed by atoms with Crippen LogP contribution in [0.1, 0.15) is 18.4 Å². The topological polar surface area (TPSA) is 71.4 Å². The highest BCUT2D eigenvalue weighted by atomic mass is 16.7. The van der Waals surface area contributed by atoms with Crippen molar-refractivity contribution in [3.05, 3.63) is 23.8 Å². The molecule has 5 heteroatoms. The van der Waals surface area contributed by atoms with Gasteiger partial charge in [-0.05, 0) is 30.5 Å². The van der Waals surface area contributed by atoms with E-state index >= 15 is 0 Å². The average Bonchev–Trinajstić information content (AvgIpc) is 3.07. The summed E-state index contributed by atoms with van der Waals surface area (Å²) in [6.45, 7) is 0.640. The molecule has 0 atom stereocenters. The van der Waals surface area contributed by atoms with Crippen LogP contribution in [0.25, 0.3) is 0 Å². The van der Waals surface area contributed by atoms with Gasteiger partial charge in [0, 0.05) is 6.54 Å². The predicted octanol–water partition coefficient (Wildman–Crippen LogP) is 1.34. The highest BCUT2D eigenvalue weighted by molar-refractivity contribution is 5.88. The zero-order chi connectivity index (χ0) is 12.6. The monoisotopic (exact) mass is 244 g/mol. The molecule has 0 bridgehead atoms. The fourth-order valence-corrected chi connectivity index (χ4v) is 1.92. The number of nitrogens with one attached hydrogen (secondary N) is 1. The number of ether oxygens (including phenoxy) is 2. The average molecular weight is 244 g/mol. The summed E-state index contributed by atoms with van der Waals surface area (Å²) in [5, 5.41) is 11.7. The number of nitrogens with zero attached hydrogens (tertiary/aromatic N) is 1. The second-order valence-corrected chi connectivity index (χ2v) is 4.56. The van der Waals surface area contributed by atoms with E-state index in [4.69, 9.17) is 14.7 Å². The van der Waals surface area contributed by atoms with Crippen molar-refractivity contribution in [3.8, 4) is 17.6 Å². The highest BCUT2D eigenvalue weighted by Crippen LogP contribution is 2.45. The van der Waals surface area contributed by atoms with E-state index in [9.17, 15) is 4.79 Å². The lowest BCUT2D eigenvalue weighted by Gasteiger charge is -2.08. The van der Waals surface area contributed by atoms with Gasteiger partial charge in [0.05, 0.1) is 6.07 Å². The van der Waals surface area contributed by atoms with Crippen LogP contribution in [0.15, 0.2) is 18.2 Å². The maximum absolute atomic E-state index is 11.8. The van der Waals surface area contributed by atoms with E-state index in [1.54, 1.807) is 0 Å². The van der Waals surface area contributed by atoms with E-state index in [2.05, 4.69) is 11.4 Å². The Hall–Kier alpha value is -2.22. The molecular formula is C13H12N2O3. The lowest BCUT2D eigenvalue weighted by atomic mass is 10.1. The van der Waals surface area contributed by atoms with Crippen LogP contribution in [0.4, 0.5) is 0 Å². The third-order valence-corrected chi connectivity index (χ3v) is 3.29. The first-order chi connectivity index (χ1) is 8.73. The Morgan fingerprint density at radius 3 is 2.89 bits per heavy atom. The molecule has 1 aromatic carbocycles. The summed E-state index contributed by atoms with van der Waals surface area (Å²) in [7, 11) is 0. The van der Waals surface area contributed by atoms with E-state index < -0.39 is 5.41 Å². The number of amides is 1. The minimum absolute atomic E-state index is 0.178. The van der Waals surface area contributed by atoms with Crippen molar-refractivity contribution in [2.75, 3.05) is 6.79 Å². The number of carbonyl (C=O) groups excluding carboxylic acids is 1. The largest absolute Gasteiger partial charge is 0.454 e. The second kappa shape index (κ2) is 3.91. The molecule has 5 nitrogen and oxygen atoms in total. The zero-order valence-corrected chi connectivity index (χ0v) is 9.73. The molecule has 1 aromatic rings. The smallest absolute Gasteiger partial charge is 0.240 e. The van der Waals surface area contributed by atoms with Gasteiger partial charge in [0.25, 0.3) is 0 Å². The van der Waals surface area contributed by atoms with E-state index in [1.807, 2.05) is 18.2 Å². The summed E-state index contributed by atoms with van der Waals surface area (Å²) in [6.07, 6.45) is 1.33.